The van der Waals surface area contributed by atoms with Crippen LogP contribution in [0.1, 0.15) is 22.3 Å². The van der Waals surface area contributed by atoms with Crippen molar-refractivity contribution in [3.05, 3.63) is 64.7 Å². The molecule has 0 aliphatic heterocycles. The van der Waals surface area contributed by atoms with E-state index >= 15 is 0 Å². The summed E-state index contributed by atoms with van der Waals surface area (Å²) >= 11 is 5.90. The zero-order chi connectivity index (χ0) is 19.2. The molecule has 2 aromatic carbocycles. The van der Waals surface area contributed by atoms with Crippen LogP contribution in [-0.2, 0) is 21.1 Å². The van der Waals surface area contributed by atoms with Gasteiger partial charge in [0.05, 0.1) is 16.3 Å². The molecular weight excluding hydrogens is 376 g/mol. The topological polar surface area (TPSA) is 106 Å². The van der Waals surface area contributed by atoms with Crippen molar-refractivity contribution in [3.8, 4) is 0 Å². The van der Waals surface area contributed by atoms with Crippen molar-refractivity contribution in [1.29, 1.82) is 0 Å². The van der Waals surface area contributed by atoms with Gasteiger partial charge in [-0.15, -0.1) is 0 Å². The molecule has 0 atom stereocenters. The van der Waals surface area contributed by atoms with E-state index in [4.69, 9.17) is 17.3 Å². The number of sulfone groups is 1. The van der Waals surface area contributed by atoms with Crippen molar-refractivity contribution in [1.82, 2.24) is 0 Å². The van der Waals surface area contributed by atoms with E-state index in [0.717, 1.165) is 5.56 Å². The van der Waals surface area contributed by atoms with Crippen molar-refractivity contribution in [3.63, 3.8) is 0 Å². The Kier molecular flexibility index (Phi) is 6.76. The fraction of sp³-hybridized carbons (Fsp3) is 0.222. The minimum absolute atomic E-state index is 0.0727. The first kappa shape index (κ1) is 19.9. The van der Waals surface area contributed by atoms with E-state index < -0.39 is 27.4 Å². The first-order valence-corrected chi connectivity index (χ1v) is 10.1. The van der Waals surface area contributed by atoms with Gasteiger partial charge in [-0.3, -0.25) is 9.59 Å². The van der Waals surface area contributed by atoms with Gasteiger partial charge in [-0.2, -0.15) is 0 Å². The van der Waals surface area contributed by atoms with Gasteiger partial charge in [0.2, 0.25) is 11.8 Å². The number of hydrogen-bond acceptors (Lipinski definition) is 4. The number of nitrogens with one attached hydrogen (secondary N) is 1. The molecule has 0 saturated carbocycles. The Hall–Kier alpha value is -2.38. The second kappa shape index (κ2) is 8.82. The lowest BCUT2D eigenvalue weighted by molar-refractivity contribution is -0.113. The molecule has 138 valence electrons. The Bertz CT molecular complexity index is 899. The van der Waals surface area contributed by atoms with Crippen LogP contribution in [-0.4, -0.2) is 31.7 Å². The van der Waals surface area contributed by atoms with Gasteiger partial charge in [0.15, 0.2) is 9.84 Å². The molecule has 8 heteroatoms. The molecule has 2 amide bonds. The monoisotopic (exact) mass is 394 g/mol. The average molecular weight is 395 g/mol. The second-order valence-electron chi connectivity index (χ2n) is 5.79. The van der Waals surface area contributed by atoms with Crippen molar-refractivity contribution >= 4 is 38.9 Å². The molecule has 6 nitrogen and oxygen atoms in total. The standard InChI is InChI=1S/C18H19ClN2O4S/c19-16-11-14(8-9-15(16)18(20)23)21-17(22)12-26(24,25)10-4-7-13-5-2-1-3-6-13/h1-3,5-6,8-9,11H,4,7,10,12H2,(H2,20,23)(H,21,22). The number of benzene rings is 2. The minimum atomic E-state index is -3.52. The fourth-order valence-electron chi connectivity index (χ4n) is 2.40. The van der Waals surface area contributed by atoms with Crippen LogP contribution in [0.4, 0.5) is 5.69 Å². The van der Waals surface area contributed by atoms with Gasteiger partial charge in [-0.25, -0.2) is 8.42 Å². The van der Waals surface area contributed by atoms with Crippen LogP contribution < -0.4 is 11.1 Å². The molecule has 2 aromatic rings. The van der Waals surface area contributed by atoms with E-state index in [9.17, 15) is 18.0 Å². The van der Waals surface area contributed by atoms with Gasteiger partial charge < -0.3 is 11.1 Å². The van der Waals surface area contributed by atoms with Gasteiger partial charge in [-0.05, 0) is 36.6 Å². The summed E-state index contributed by atoms with van der Waals surface area (Å²) in [4.78, 5) is 23.1. The van der Waals surface area contributed by atoms with Crippen molar-refractivity contribution in [2.24, 2.45) is 5.73 Å². The predicted octanol–water partition coefficient (Wildman–Crippen LogP) is 2.42. The summed E-state index contributed by atoms with van der Waals surface area (Å²) in [5.74, 6) is -2.03. The lowest BCUT2D eigenvalue weighted by Crippen LogP contribution is -2.25. The molecule has 0 heterocycles. The van der Waals surface area contributed by atoms with Gasteiger partial charge in [0.25, 0.3) is 0 Å². The molecule has 0 fully saturated rings. The number of halogens is 1. The maximum absolute atomic E-state index is 12.1. The summed E-state index contributed by atoms with van der Waals surface area (Å²) in [7, 11) is -3.52. The molecule has 0 aliphatic rings. The molecule has 0 bridgehead atoms. The van der Waals surface area contributed by atoms with Crippen molar-refractivity contribution < 1.29 is 18.0 Å². The zero-order valence-corrected chi connectivity index (χ0v) is 15.5. The Morgan fingerprint density at radius 2 is 1.77 bits per heavy atom. The molecule has 26 heavy (non-hydrogen) atoms. The maximum Gasteiger partial charge on any atom is 0.250 e. The highest BCUT2D eigenvalue weighted by Crippen LogP contribution is 2.20. The van der Waals surface area contributed by atoms with E-state index in [2.05, 4.69) is 5.32 Å². The third kappa shape index (κ3) is 6.16. The predicted molar refractivity (Wildman–Crippen MR) is 102 cm³/mol. The lowest BCUT2D eigenvalue weighted by Gasteiger charge is -2.08. The van der Waals surface area contributed by atoms with Gasteiger partial charge in [-0.1, -0.05) is 41.9 Å². The number of carbonyl (C=O) groups is 2. The number of carbonyl (C=O) groups excluding carboxylic acids is 2. The van der Waals surface area contributed by atoms with Crippen LogP contribution in [0.3, 0.4) is 0 Å². The molecule has 2 rings (SSSR count). The number of amides is 2. The summed E-state index contributed by atoms with van der Waals surface area (Å²) in [5, 5.41) is 2.54. The molecule has 3 N–H and O–H groups in total. The van der Waals surface area contributed by atoms with Crippen LogP contribution in [0.5, 0.6) is 0 Å². The van der Waals surface area contributed by atoms with E-state index in [-0.39, 0.29) is 16.3 Å². The summed E-state index contributed by atoms with van der Waals surface area (Å²) in [6.07, 6.45) is 1.07. The van der Waals surface area contributed by atoms with E-state index in [1.165, 1.54) is 18.2 Å². The fourth-order valence-corrected chi connectivity index (χ4v) is 3.88. The number of aryl methyl sites for hydroxylation is 1. The summed E-state index contributed by atoms with van der Waals surface area (Å²) in [6, 6.07) is 13.7. The highest BCUT2D eigenvalue weighted by molar-refractivity contribution is 7.92. The first-order chi connectivity index (χ1) is 12.3. The van der Waals surface area contributed by atoms with Crippen LogP contribution in [0.2, 0.25) is 5.02 Å². The van der Waals surface area contributed by atoms with E-state index in [1.54, 1.807) is 0 Å². The third-order valence-electron chi connectivity index (χ3n) is 3.63. The number of rotatable bonds is 8. The Balaban J connectivity index is 1.87. The molecule has 0 saturated heterocycles. The quantitative estimate of drug-likeness (QED) is 0.716. The second-order valence-corrected chi connectivity index (χ2v) is 8.38. The summed E-state index contributed by atoms with van der Waals surface area (Å²) in [5.41, 5.74) is 6.62. The normalized spacial score (nSPS) is 11.1. The van der Waals surface area contributed by atoms with Gasteiger partial charge >= 0.3 is 0 Å². The van der Waals surface area contributed by atoms with E-state index in [1.807, 2.05) is 30.3 Å². The molecule has 0 spiro atoms. The SMILES string of the molecule is NC(=O)c1ccc(NC(=O)CS(=O)(=O)CCCc2ccccc2)cc1Cl. The number of nitrogens with two attached hydrogens (primary N) is 1. The summed E-state index contributed by atoms with van der Waals surface area (Å²) < 4.78 is 24.2. The summed E-state index contributed by atoms with van der Waals surface area (Å²) in [6.45, 7) is 0. The van der Waals surface area contributed by atoms with Crippen LogP contribution in [0.15, 0.2) is 48.5 Å². The van der Waals surface area contributed by atoms with E-state index in [0.29, 0.717) is 18.5 Å². The zero-order valence-electron chi connectivity index (χ0n) is 13.9. The maximum atomic E-state index is 12.1. The molecule has 0 aromatic heterocycles. The van der Waals surface area contributed by atoms with Crippen LogP contribution >= 0.6 is 11.6 Å². The average Bonchev–Trinajstić information content (AvgIpc) is 2.54. The van der Waals surface area contributed by atoms with Crippen molar-refractivity contribution in [2.45, 2.75) is 12.8 Å². The number of anilines is 1. The lowest BCUT2D eigenvalue weighted by atomic mass is 10.1. The van der Waals surface area contributed by atoms with Gasteiger partial charge in [0, 0.05) is 5.69 Å². The third-order valence-corrected chi connectivity index (χ3v) is 5.56. The molecule has 0 aliphatic carbocycles. The Morgan fingerprint density at radius 1 is 1.08 bits per heavy atom. The highest BCUT2D eigenvalue weighted by atomic mass is 35.5. The smallest absolute Gasteiger partial charge is 0.250 e. The largest absolute Gasteiger partial charge is 0.366 e. The van der Waals surface area contributed by atoms with Crippen LogP contribution in [0, 0.1) is 0 Å². The highest BCUT2D eigenvalue weighted by Gasteiger charge is 2.17. The van der Waals surface area contributed by atoms with Crippen molar-refractivity contribution in [2.75, 3.05) is 16.8 Å². The molecule has 0 unspecified atom stereocenters. The Labute approximate surface area is 157 Å². The van der Waals surface area contributed by atoms with Crippen LogP contribution in [0.25, 0.3) is 0 Å². The minimum Gasteiger partial charge on any atom is -0.366 e. The first-order valence-electron chi connectivity index (χ1n) is 7.90. The molecular formula is C18H19ClN2O4S. The van der Waals surface area contributed by atoms with Gasteiger partial charge in [0.1, 0.15) is 5.75 Å². The molecule has 0 radical (unpaired) electrons. The number of hydrogen-bond donors (Lipinski definition) is 2. The Morgan fingerprint density at radius 3 is 2.38 bits per heavy atom. The number of primary amides is 1.